The Labute approximate surface area is 145 Å². The van der Waals surface area contributed by atoms with Gasteiger partial charge in [-0.3, -0.25) is 0 Å². The van der Waals surface area contributed by atoms with Crippen molar-refractivity contribution in [3.05, 3.63) is 47.7 Å². The molecule has 0 atom stereocenters. The van der Waals surface area contributed by atoms with Crippen LogP contribution in [0.15, 0.2) is 34.7 Å². The Bertz CT molecular complexity index is 865. The molecule has 1 aliphatic heterocycles. The second kappa shape index (κ2) is 6.58. The summed E-state index contributed by atoms with van der Waals surface area (Å²) in [5, 5.41) is 12.3. The van der Waals surface area contributed by atoms with Crippen molar-refractivity contribution in [2.45, 2.75) is 39.4 Å². The highest BCUT2D eigenvalue weighted by Gasteiger charge is 2.19. The van der Waals surface area contributed by atoms with Crippen molar-refractivity contribution in [2.75, 3.05) is 6.54 Å². The molecule has 0 saturated heterocycles. The number of benzene rings is 1. The minimum absolute atomic E-state index is 0.127. The zero-order valence-corrected chi connectivity index (χ0v) is 14.2. The number of nitrogens with one attached hydrogen (secondary N) is 1. The van der Waals surface area contributed by atoms with Crippen LogP contribution in [0.5, 0.6) is 0 Å². The average Bonchev–Trinajstić information content (AvgIpc) is 3.32. The number of carbonyl (C=O) groups is 1. The molecule has 0 radical (unpaired) electrons. The van der Waals surface area contributed by atoms with E-state index in [-0.39, 0.29) is 6.03 Å². The molecular formula is C18H21N5O2. The molecule has 3 heterocycles. The zero-order valence-electron chi connectivity index (χ0n) is 14.2. The first kappa shape index (κ1) is 15.7. The van der Waals surface area contributed by atoms with Crippen LogP contribution < -0.4 is 5.32 Å². The van der Waals surface area contributed by atoms with E-state index in [0.717, 1.165) is 47.8 Å². The van der Waals surface area contributed by atoms with Crippen molar-refractivity contribution in [1.29, 1.82) is 0 Å². The van der Waals surface area contributed by atoms with Crippen LogP contribution in [0.2, 0.25) is 0 Å². The number of nitrogens with zero attached hydrogens (tertiary/aromatic N) is 4. The van der Waals surface area contributed by atoms with Crippen molar-refractivity contribution in [2.24, 2.45) is 0 Å². The first-order chi connectivity index (χ1) is 12.2. The maximum atomic E-state index is 12.5. The number of fused-ring (bicyclic) bond motifs is 2. The van der Waals surface area contributed by atoms with Crippen LogP contribution in [0.3, 0.4) is 0 Å². The maximum Gasteiger partial charge on any atom is 0.318 e. The van der Waals surface area contributed by atoms with Crippen molar-refractivity contribution in [3.63, 3.8) is 0 Å². The Morgan fingerprint density at radius 1 is 1.36 bits per heavy atom. The fourth-order valence-corrected chi connectivity index (χ4v) is 3.24. The number of furan rings is 1. The monoisotopic (exact) mass is 339 g/mol. The van der Waals surface area contributed by atoms with Crippen LogP contribution in [0.25, 0.3) is 11.0 Å². The number of urea groups is 1. The van der Waals surface area contributed by atoms with Crippen molar-refractivity contribution < 1.29 is 9.21 Å². The number of hydrogen-bond acceptors (Lipinski definition) is 4. The molecule has 25 heavy (non-hydrogen) atoms. The van der Waals surface area contributed by atoms with Gasteiger partial charge >= 0.3 is 6.03 Å². The Balaban J connectivity index is 1.40. The fourth-order valence-electron chi connectivity index (χ4n) is 3.24. The van der Waals surface area contributed by atoms with E-state index < -0.39 is 0 Å². The predicted octanol–water partition coefficient (Wildman–Crippen LogP) is 2.70. The molecule has 0 unspecified atom stereocenters. The summed E-state index contributed by atoms with van der Waals surface area (Å²) in [7, 11) is 0. The molecule has 0 spiro atoms. The topological polar surface area (TPSA) is 76.2 Å². The van der Waals surface area contributed by atoms with Crippen molar-refractivity contribution in [3.8, 4) is 0 Å². The molecule has 0 fully saturated rings. The Kier molecular flexibility index (Phi) is 4.13. The molecular weight excluding hydrogens is 318 g/mol. The highest BCUT2D eigenvalue weighted by molar-refractivity contribution is 5.78. The first-order valence-corrected chi connectivity index (χ1v) is 8.66. The van der Waals surface area contributed by atoms with Crippen molar-refractivity contribution in [1.82, 2.24) is 25.0 Å². The molecule has 2 amide bonds. The number of aromatic nitrogens is 3. The normalized spacial score (nSPS) is 13.2. The molecule has 2 aromatic heterocycles. The molecule has 7 heteroatoms. The van der Waals surface area contributed by atoms with Gasteiger partial charge in [0.2, 0.25) is 0 Å². The van der Waals surface area contributed by atoms with Gasteiger partial charge in [0.05, 0.1) is 13.1 Å². The van der Waals surface area contributed by atoms with E-state index >= 15 is 0 Å². The molecule has 7 nitrogen and oxygen atoms in total. The molecule has 0 bridgehead atoms. The van der Waals surface area contributed by atoms with E-state index in [1.807, 2.05) is 37.3 Å². The second-order valence-electron chi connectivity index (χ2n) is 6.21. The summed E-state index contributed by atoms with van der Waals surface area (Å²) in [4.78, 5) is 14.2. The number of aryl methyl sites for hydroxylation is 1. The minimum atomic E-state index is -0.127. The summed E-state index contributed by atoms with van der Waals surface area (Å²) < 4.78 is 7.91. The summed E-state index contributed by atoms with van der Waals surface area (Å²) in [6, 6.07) is 9.71. The molecule has 0 saturated carbocycles. The minimum Gasteiger partial charge on any atom is -0.459 e. The molecule has 0 aliphatic carbocycles. The number of hydrogen-bond donors (Lipinski definition) is 1. The van der Waals surface area contributed by atoms with Crippen LogP contribution >= 0.6 is 0 Å². The van der Waals surface area contributed by atoms with E-state index in [9.17, 15) is 4.79 Å². The Morgan fingerprint density at radius 3 is 3.08 bits per heavy atom. The summed E-state index contributed by atoms with van der Waals surface area (Å²) in [5.41, 5.74) is 0.841. The molecule has 1 aromatic carbocycles. The van der Waals surface area contributed by atoms with Gasteiger partial charge in [0.1, 0.15) is 17.2 Å². The summed E-state index contributed by atoms with van der Waals surface area (Å²) in [6.07, 6.45) is 2.06. The highest BCUT2D eigenvalue weighted by atomic mass is 16.3. The smallest absolute Gasteiger partial charge is 0.318 e. The molecule has 1 aliphatic rings. The Hall–Kier alpha value is -2.83. The van der Waals surface area contributed by atoms with Crippen LogP contribution in [-0.4, -0.2) is 32.2 Å². The number of rotatable bonds is 5. The third-order valence-electron chi connectivity index (χ3n) is 4.58. The van der Waals surface area contributed by atoms with Gasteiger partial charge in [0.15, 0.2) is 5.82 Å². The summed E-state index contributed by atoms with van der Waals surface area (Å²) in [5.74, 6) is 2.61. The van der Waals surface area contributed by atoms with Gasteiger partial charge in [-0.1, -0.05) is 18.2 Å². The number of carbonyl (C=O) groups excluding carboxylic acids is 1. The van der Waals surface area contributed by atoms with Crippen LogP contribution in [0.4, 0.5) is 4.79 Å². The standard InChI is InChI=1S/C18H21N5O2/c1-2-22(12-14-10-13-6-3-4-7-15(13)25-14)18(24)19-11-17-21-20-16-8-5-9-23(16)17/h3-4,6-7,10H,2,5,8-9,11-12H2,1H3,(H,19,24). The van der Waals surface area contributed by atoms with E-state index in [2.05, 4.69) is 20.1 Å². The van der Waals surface area contributed by atoms with Gasteiger partial charge in [-0.2, -0.15) is 0 Å². The van der Waals surface area contributed by atoms with E-state index in [1.165, 1.54) is 0 Å². The average molecular weight is 339 g/mol. The predicted molar refractivity (Wildman–Crippen MR) is 92.9 cm³/mol. The van der Waals surface area contributed by atoms with Gasteiger partial charge in [0.25, 0.3) is 0 Å². The molecule has 130 valence electrons. The van der Waals surface area contributed by atoms with E-state index in [1.54, 1.807) is 4.90 Å². The lowest BCUT2D eigenvalue weighted by atomic mass is 10.2. The van der Waals surface area contributed by atoms with Gasteiger partial charge in [-0.05, 0) is 25.5 Å². The molecule has 3 aromatic rings. The summed E-state index contributed by atoms with van der Waals surface area (Å²) in [6.45, 7) is 4.32. The van der Waals surface area contributed by atoms with Gasteiger partial charge < -0.3 is 19.2 Å². The lowest BCUT2D eigenvalue weighted by Crippen LogP contribution is -2.39. The van der Waals surface area contributed by atoms with Crippen molar-refractivity contribution >= 4 is 17.0 Å². The largest absolute Gasteiger partial charge is 0.459 e. The molecule has 4 rings (SSSR count). The fraction of sp³-hybridized carbons (Fsp3) is 0.389. The van der Waals surface area contributed by atoms with Gasteiger partial charge in [-0.15, -0.1) is 10.2 Å². The SMILES string of the molecule is CCN(Cc1cc2ccccc2o1)C(=O)NCc1nnc2n1CCC2. The van der Waals surface area contributed by atoms with E-state index in [4.69, 9.17) is 4.42 Å². The zero-order chi connectivity index (χ0) is 17.2. The maximum absolute atomic E-state index is 12.5. The summed E-state index contributed by atoms with van der Waals surface area (Å²) >= 11 is 0. The molecule has 1 N–H and O–H groups in total. The number of amides is 2. The third-order valence-corrected chi connectivity index (χ3v) is 4.58. The highest BCUT2D eigenvalue weighted by Crippen LogP contribution is 2.20. The van der Waals surface area contributed by atoms with Crippen LogP contribution in [-0.2, 0) is 26.1 Å². The lowest BCUT2D eigenvalue weighted by Gasteiger charge is -2.20. The second-order valence-corrected chi connectivity index (χ2v) is 6.21. The quantitative estimate of drug-likeness (QED) is 0.775. The van der Waals surface area contributed by atoms with Gasteiger partial charge in [-0.25, -0.2) is 4.79 Å². The lowest BCUT2D eigenvalue weighted by molar-refractivity contribution is 0.193. The number of para-hydroxylation sites is 1. The third kappa shape index (κ3) is 3.09. The Morgan fingerprint density at radius 2 is 2.24 bits per heavy atom. The van der Waals surface area contributed by atoms with Crippen LogP contribution in [0, 0.1) is 0 Å². The van der Waals surface area contributed by atoms with E-state index in [0.29, 0.717) is 19.6 Å². The first-order valence-electron chi connectivity index (χ1n) is 8.66. The van der Waals surface area contributed by atoms with Crippen LogP contribution in [0.1, 0.15) is 30.8 Å². The van der Waals surface area contributed by atoms with Gasteiger partial charge in [0, 0.05) is 24.9 Å².